The monoisotopic (exact) mass is 440 g/mol. The highest BCUT2D eigenvalue weighted by Gasteiger charge is 2.44. The van der Waals surface area contributed by atoms with Gasteiger partial charge in [-0.3, -0.25) is 0 Å². The topological polar surface area (TPSA) is 20.2 Å². The van der Waals surface area contributed by atoms with E-state index in [0.29, 0.717) is 0 Å². The highest BCUT2D eigenvalue weighted by atomic mass is 32.1. The van der Waals surface area contributed by atoms with Crippen molar-refractivity contribution in [2.45, 2.75) is 5.60 Å². The Labute approximate surface area is 196 Å². The van der Waals surface area contributed by atoms with Crippen LogP contribution in [0, 0.1) is 0 Å². The molecule has 156 valence electrons. The van der Waals surface area contributed by atoms with Gasteiger partial charge in [-0.1, -0.05) is 97.1 Å². The molecule has 1 N–H and O–H groups in total. The summed E-state index contributed by atoms with van der Waals surface area (Å²) in [6.45, 7) is 0. The van der Waals surface area contributed by atoms with Crippen molar-refractivity contribution < 1.29 is 5.11 Å². The number of hydrogen-bond acceptors (Lipinski definition) is 2. The maximum atomic E-state index is 12.5. The molecule has 7 rings (SSSR count). The lowest BCUT2D eigenvalue weighted by molar-refractivity contribution is 0.131. The Morgan fingerprint density at radius 1 is 0.485 bits per heavy atom. The van der Waals surface area contributed by atoms with E-state index in [1.165, 1.54) is 20.2 Å². The van der Waals surface area contributed by atoms with Crippen molar-refractivity contribution in [2.24, 2.45) is 0 Å². The summed E-state index contributed by atoms with van der Waals surface area (Å²) >= 11 is 1.83. The maximum absolute atomic E-state index is 12.5. The lowest BCUT2D eigenvalue weighted by Gasteiger charge is -2.29. The molecule has 1 heterocycles. The molecule has 0 saturated carbocycles. The van der Waals surface area contributed by atoms with Gasteiger partial charge in [-0.25, -0.2) is 0 Å². The minimum atomic E-state index is -1.20. The molecule has 0 aliphatic heterocycles. The third kappa shape index (κ3) is 2.56. The SMILES string of the molecule is OC1(c2ccccc2-c2ccc3sc4ccccc4c3c2)c2ccccc2-c2ccccc21. The molecule has 1 aliphatic carbocycles. The zero-order valence-corrected chi connectivity index (χ0v) is 18.6. The van der Waals surface area contributed by atoms with Crippen molar-refractivity contribution in [2.75, 3.05) is 0 Å². The average Bonchev–Trinajstić information content (AvgIpc) is 3.38. The first-order valence-corrected chi connectivity index (χ1v) is 12.0. The first-order valence-electron chi connectivity index (χ1n) is 11.2. The van der Waals surface area contributed by atoms with E-state index in [2.05, 4.69) is 84.9 Å². The highest BCUT2D eigenvalue weighted by molar-refractivity contribution is 7.25. The third-order valence-electron chi connectivity index (χ3n) is 6.93. The van der Waals surface area contributed by atoms with Gasteiger partial charge < -0.3 is 5.11 Å². The van der Waals surface area contributed by atoms with Gasteiger partial charge in [0.15, 0.2) is 0 Å². The highest BCUT2D eigenvalue weighted by Crippen LogP contribution is 2.52. The Balaban J connectivity index is 1.51. The number of benzene rings is 5. The summed E-state index contributed by atoms with van der Waals surface area (Å²) in [7, 11) is 0. The normalized spacial score (nSPS) is 13.8. The van der Waals surface area contributed by atoms with Gasteiger partial charge in [0.2, 0.25) is 0 Å². The van der Waals surface area contributed by atoms with Crippen LogP contribution in [-0.4, -0.2) is 5.11 Å². The molecule has 1 nitrogen and oxygen atoms in total. The number of rotatable bonds is 2. The van der Waals surface area contributed by atoms with Crippen molar-refractivity contribution in [1.29, 1.82) is 0 Å². The maximum Gasteiger partial charge on any atom is 0.142 e. The summed E-state index contributed by atoms with van der Waals surface area (Å²) in [6, 6.07) is 40.0. The molecule has 0 spiro atoms. The Bertz CT molecular complexity index is 1650. The summed E-state index contributed by atoms with van der Waals surface area (Å²) in [5.41, 5.74) is 5.99. The van der Waals surface area contributed by atoms with E-state index in [-0.39, 0.29) is 0 Å². The van der Waals surface area contributed by atoms with Crippen LogP contribution in [0.5, 0.6) is 0 Å². The third-order valence-corrected chi connectivity index (χ3v) is 8.08. The fraction of sp³-hybridized carbons (Fsp3) is 0.0323. The average molecular weight is 441 g/mol. The molecule has 0 bridgehead atoms. The van der Waals surface area contributed by atoms with Crippen molar-refractivity contribution >= 4 is 31.5 Å². The number of thiophene rings is 1. The fourth-order valence-electron chi connectivity index (χ4n) is 5.45. The van der Waals surface area contributed by atoms with Crippen LogP contribution >= 0.6 is 11.3 Å². The van der Waals surface area contributed by atoms with Gasteiger partial charge in [0, 0.05) is 36.9 Å². The summed E-state index contributed by atoms with van der Waals surface area (Å²) in [5, 5.41) is 15.0. The van der Waals surface area contributed by atoms with Gasteiger partial charge in [-0.05, 0) is 40.5 Å². The van der Waals surface area contributed by atoms with Crippen molar-refractivity contribution in [3.8, 4) is 22.3 Å². The number of aliphatic hydroxyl groups is 1. The predicted molar refractivity (Wildman–Crippen MR) is 139 cm³/mol. The second-order valence-electron chi connectivity index (χ2n) is 8.66. The summed E-state index contributed by atoms with van der Waals surface area (Å²) in [5.74, 6) is 0. The van der Waals surface area contributed by atoms with Gasteiger partial charge in [0.05, 0.1) is 0 Å². The Morgan fingerprint density at radius 2 is 1.00 bits per heavy atom. The second-order valence-corrected chi connectivity index (χ2v) is 9.74. The molecule has 0 atom stereocenters. The second kappa shape index (κ2) is 6.89. The molecular weight excluding hydrogens is 420 g/mol. The molecule has 2 heteroatoms. The summed E-state index contributed by atoms with van der Waals surface area (Å²) in [4.78, 5) is 0. The van der Waals surface area contributed by atoms with Crippen molar-refractivity contribution in [3.63, 3.8) is 0 Å². The van der Waals surface area contributed by atoms with Crippen LogP contribution in [0.2, 0.25) is 0 Å². The van der Waals surface area contributed by atoms with Crippen LogP contribution in [0.1, 0.15) is 16.7 Å². The first-order chi connectivity index (χ1) is 16.2. The van der Waals surface area contributed by atoms with Crippen LogP contribution in [0.15, 0.2) is 115 Å². The zero-order valence-electron chi connectivity index (χ0n) is 17.8. The van der Waals surface area contributed by atoms with Crippen LogP contribution in [0.4, 0.5) is 0 Å². The van der Waals surface area contributed by atoms with E-state index in [1.54, 1.807) is 0 Å². The van der Waals surface area contributed by atoms with Gasteiger partial charge in [0.1, 0.15) is 5.60 Å². The molecule has 1 aromatic heterocycles. The van der Waals surface area contributed by atoms with Crippen molar-refractivity contribution in [3.05, 3.63) is 132 Å². The summed E-state index contributed by atoms with van der Waals surface area (Å²) in [6.07, 6.45) is 0. The fourth-order valence-corrected chi connectivity index (χ4v) is 6.53. The first kappa shape index (κ1) is 18.8. The van der Waals surface area contributed by atoms with Crippen LogP contribution in [0.3, 0.4) is 0 Å². The molecule has 6 aromatic rings. The smallest absolute Gasteiger partial charge is 0.142 e. The van der Waals surface area contributed by atoms with E-state index < -0.39 is 5.60 Å². The molecule has 0 radical (unpaired) electrons. The van der Waals surface area contributed by atoms with Crippen molar-refractivity contribution in [1.82, 2.24) is 0 Å². The standard InChI is InChI=1S/C31H20OS/c32-31(27-14-6-2-10-22(27)23-11-3-7-15-28(23)31)26-13-5-1-9-21(26)20-17-18-30-25(19-20)24-12-4-8-16-29(24)33-30/h1-19,32H. The molecule has 0 fully saturated rings. The Morgan fingerprint density at radius 3 is 1.70 bits per heavy atom. The van der Waals surface area contributed by atoms with E-state index >= 15 is 0 Å². The van der Waals surface area contributed by atoms with Gasteiger partial charge in [-0.2, -0.15) is 0 Å². The largest absolute Gasteiger partial charge is 0.376 e. The predicted octanol–water partition coefficient (Wildman–Crippen LogP) is 7.99. The molecular formula is C31H20OS. The summed E-state index contributed by atoms with van der Waals surface area (Å²) < 4.78 is 2.59. The van der Waals surface area contributed by atoms with Gasteiger partial charge in [-0.15, -0.1) is 11.3 Å². The Hall–Kier alpha value is -3.72. The zero-order chi connectivity index (χ0) is 22.0. The minimum absolute atomic E-state index is 0.918. The quantitative estimate of drug-likeness (QED) is 0.289. The van der Waals surface area contributed by atoms with Crippen LogP contribution in [0.25, 0.3) is 42.4 Å². The van der Waals surface area contributed by atoms with Gasteiger partial charge >= 0.3 is 0 Å². The molecule has 33 heavy (non-hydrogen) atoms. The van der Waals surface area contributed by atoms with Gasteiger partial charge in [0.25, 0.3) is 0 Å². The molecule has 1 aliphatic rings. The molecule has 5 aromatic carbocycles. The van der Waals surface area contributed by atoms with E-state index in [9.17, 15) is 5.11 Å². The Kier molecular flexibility index (Phi) is 3.93. The number of fused-ring (bicyclic) bond motifs is 6. The molecule has 0 amide bonds. The number of hydrogen-bond donors (Lipinski definition) is 1. The van der Waals surface area contributed by atoms with E-state index in [0.717, 1.165) is 38.9 Å². The molecule has 0 unspecified atom stereocenters. The van der Waals surface area contributed by atoms with Crippen LogP contribution < -0.4 is 0 Å². The van der Waals surface area contributed by atoms with E-state index in [1.807, 2.05) is 41.7 Å². The van der Waals surface area contributed by atoms with E-state index in [4.69, 9.17) is 0 Å². The van der Waals surface area contributed by atoms with Crippen LogP contribution in [-0.2, 0) is 5.60 Å². The molecule has 0 saturated heterocycles. The lowest BCUT2D eigenvalue weighted by atomic mass is 9.80. The minimum Gasteiger partial charge on any atom is -0.376 e. The lowest BCUT2D eigenvalue weighted by Crippen LogP contribution is -2.27.